The van der Waals surface area contributed by atoms with Gasteiger partial charge < -0.3 is 9.84 Å². The molecule has 0 aliphatic heterocycles. The van der Waals surface area contributed by atoms with Crippen molar-refractivity contribution >= 4 is 12.0 Å². The summed E-state index contributed by atoms with van der Waals surface area (Å²) in [6.07, 6.45) is 3.98. The molecule has 1 aromatic carbocycles. The monoisotopic (exact) mass is 204 g/mol. The summed E-state index contributed by atoms with van der Waals surface area (Å²) < 4.78 is 5.24. The lowest BCUT2D eigenvalue weighted by Crippen LogP contribution is -2.04. The van der Waals surface area contributed by atoms with E-state index in [4.69, 9.17) is 9.84 Å². The molecule has 3 nitrogen and oxygen atoms in total. The Balaban J connectivity index is 2.38. The van der Waals surface area contributed by atoms with Gasteiger partial charge in [-0.15, -0.1) is 0 Å². The molecule has 1 aliphatic carbocycles. The largest absolute Gasteiger partial charge is 0.496 e. The molecule has 78 valence electrons. The van der Waals surface area contributed by atoms with E-state index >= 15 is 0 Å². The molecule has 0 spiro atoms. The van der Waals surface area contributed by atoms with Crippen molar-refractivity contribution < 1.29 is 14.6 Å². The highest BCUT2D eigenvalue weighted by Crippen LogP contribution is 2.38. The highest BCUT2D eigenvalue weighted by atomic mass is 16.5. The lowest BCUT2D eigenvalue weighted by atomic mass is 9.97. The molecule has 1 aliphatic rings. The van der Waals surface area contributed by atoms with Crippen LogP contribution in [0.1, 0.15) is 23.5 Å². The van der Waals surface area contributed by atoms with Crippen LogP contribution in [0.3, 0.4) is 0 Å². The standard InChI is InChI=1S/C12H12O3/c1-15-10-4-2-3-8-5-6-9(12(8)10)7-11(13)14/h2-6,9H,7H2,1H3,(H,13,14). The number of ether oxygens (including phenoxy) is 1. The van der Waals surface area contributed by atoms with Gasteiger partial charge in [0, 0.05) is 11.5 Å². The van der Waals surface area contributed by atoms with Crippen LogP contribution in [0.4, 0.5) is 0 Å². The zero-order chi connectivity index (χ0) is 10.8. The van der Waals surface area contributed by atoms with E-state index < -0.39 is 5.97 Å². The summed E-state index contributed by atoms with van der Waals surface area (Å²) >= 11 is 0. The minimum Gasteiger partial charge on any atom is -0.496 e. The van der Waals surface area contributed by atoms with Crippen molar-refractivity contribution in [2.75, 3.05) is 7.11 Å². The number of hydrogen-bond donors (Lipinski definition) is 1. The number of hydrogen-bond acceptors (Lipinski definition) is 2. The molecule has 0 fully saturated rings. The summed E-state index contributed by atoms with van der Waals surface area (Å²) in [4.78, 5) is 10.7. The Bertz CT molecular complexity index is 421. The third-order valence-corrected chi connectivity index (χ3v) is 2.59. The number of benzene rings is 1. The van der Waals surface area contributed by atoms with Crippen molar-refractivity contribution in [1.29, 1.82) is 0 Å². The van der Waals surface area contributed by atoms with Gasteiger partial charge in [0.2, 0.25) is 0 Å². The average molecular weight is 204 g/mol. The summed E-state index contributed by atoms with van der Waals surface area (Å²) in [5, 5.41) is 8.79. The van der Waals surface area contributed by atoms with Gasteiger partial charge in [0.25, 0.3) is 0 Å². The fraction of sp³-hybridized carbons (Fsp3) is 0.250. The van der Waals surface area contributed by atoms with E-state index in [1.807, 2.05) is 30.4 Å². The molecular weight excluding hydrogens is 192 g/mol. The molecule has 0 bridgehead atoms. The van der Waals surface area contributed by atoms with Crippen molar-refractivity contribution in [2.45, 2.75) is 12.3 Å². The first-order valence-corrected chi connectivity index (χ1v) is 4.79. The van der Waals surface area contributed by atoms with Gasteiger partial charge in [0.15, 0.2) is 0 Å². The van der Waals surface area contributed by atoms with Crippen molar-refractivity contribution in [2.24, 2.45) is 0 Å². The van der Waals surface area contributed by atoms with Gasteiger partial charge in [0.1, 0.15) is 5.75 Å². The molecule has 1 aromatic rings. The predicted octanol–water partition coefficient (Wildman–Crippen LogP) is 2.28. The lowest BCUT2D eigenvalue weighted by molar-refractivity contribution is -0.137. The number of carboxylic acid groups (broad SMARTS) is 1. The molecular formula is C12H12O3. The normalized spacial score (nSPS) is 17.5. The van der Waals surface area contributed by atoms with Gasteiger partial charge in [0.05, 0.1) is 13.5 Å². The maximum Gasteiger partial charge on any atom is 0.304 e. The van der Waals surface area contributed by atoms with E-state index in [9.17, 15) is 4.79 Å². The molecule has 1 atom stereocenters. The Labute approximate surface area is 88.0 Å². The molecule has 0 aromatic heterocycles. The molecule has 2 rings (SSSR count). The summed E-state index contributed by atoms with van der Waals surface area (Å²) in [5.41, 5.74) is 2.04. The van der Waals surface area contributed by atoms with Gasteiger partial charge in [-0.1, -0.05) is 24.3 Å². The molecule has 15 heavy (non-hydrogen) atoms. The molecule has 0 saturated heterocycles. The zero-order valence-corrected chi connectivity index (χ0v) is 8.43. The smallest absolute Gasteiger partial charge is 0.304 e. The predicted molar refractivity (Wildman–Crippen MR) is 57.0 cm³/mol. The fourth-order valence-corrected chi connectivity index (χ4v) is 1.96. The third-order valence-electron chi connectivity index (χ3n) is 2.59. The highest BCUT2D eigenvalue weighted by Gasteiger charge is 2.23. The summed E-state index contributed by atoms with van der Waals surface area (Å²) in [6.45, 7) is 0. The van der Waals surface area contributed by atoms with Crippen LogP contribution in [0.5, 0.6) is 5.75 Å². The van der Waals surface area contributed by atoms with Crippen LogP contribution in [-0.2, 0) is 4.79 Å². The summed E-state index contributed by atoms with van der Waals surface area (Å²) in [7, 11) is 1.60. The summed E-state index contributed by atoms with van der Waals surface area (Å²) in [6, 6.07) is 5.74. The van der Waals surface area contributed by atoms with E-state index in [-0.39, 0.29) is 12.3 Å². The number of allylic oxidation sites excluding steroid dienone is 1. The molecule has 1 unspecified atom stereocenters. The van der Waals surface area contributed by atoms with E-state index in [0.29, 0.717) is 0 Å². The topological polar surface area (TPSA) is 46.5 Å². The number of rotatable bonds is 3. The van der Waals surface area contributed by atoms with Crippen LogP contribution in [0, 0.1) is 0 Å². The second-order valence-corrected chi connectivity index (χ2v) is 3.53. The van der Waals surface area contributed by atoms with Crippen LogP contribution in [-0.4, -0.2) is 18.2 Å². The van der Waals surface area contributed by atoms with Gasteiger partial charge >= 0.3 is 5.97 Å². The number of aliphatic carboxylic acids is 1. The van der Waals surface area contributed by atoms with Gasteiger partial charge in [-0.2, -0.15) is 0 Å². The highest BCUT2D eigenvalue weighted by molar-refractivity contribution is 5.73. The Hall–Kier alpha value is -1.77. The Morgan fingerprint density at radius 1 is 1.53 bits per heavy atom. The molecule has 3 heteroatoms. The maximum absolute atomic E-state index is 10.7. The first-order chi connectivity index (χ1) is 7.22. The van der Waals surface area contributed by atoms with Crippen molar-refractivity contribution in [3.8, 4) is 5.75 Å². The van der Waals surface area contributed by atoms with Crippen LogP contribution in [0.15, 0.2) is 24.3 Å². The van der Waals surface area contributed by atoms with E-state index in [1.54, 1.807) is 7.11 Å². The molecule has 0 saturated carbocycles. The van der Waals surface area contributed by atoms with Gasteiger partial charge in [-0.3, -0.25) is 4.79 Å². The molecule has 0 radical (unpaired) electrons. The molecule has 0 heterocycles. The van der Waals surface area contributed by atoms with E-state index in [2.05, 4.69) is 0 Å². The van der Waals surface area contributed by atoms with Crippen molar-refractivity contribution in [1.82, 2.24) is 0 Å². The average Bonchev–Trinajstić information content (AvgIpc) is 2.61. The SMILES string of the molecule is COc1cccc2c1C(CC(=O)O)C=C2. The first-order valence-electron chi connectivity index (χ1n) is 4.79. The lowest BCUT2D eigenvalue weighted by Gasteiger charge is -2.12. The van der Waals surface area contributed by atoms with E-state index in [0.717, 1.165) is 16.9 Å². The number of fused-ring (bicyclic) bond motifs is 1. The van der Waals surface area contributed by atoms with Gasteiger partial charge in [-0.05, 0) is 11.6 Å². The van der Waals surface area contributed by atoms with E-state index in [1.165, 1.54) is 0 Å². The maximum atomic E-state index is 10.7. The first kappa shape index (κ1) is 9.77. The summed E-state index contributed by atoms with van der Waals surface area (Å²) in [5.74, 6) is -0.0826. The second-order valence-electron chi connectivity index (χ2n) is 3.53. The van der Waals surface area contributed by atoms with Crippen molar-refractivity contribution in [3.63, 3.8) is 0 Å². The molecule has 0 amide bonds. The number of carbonyl (C=O) groups is 1. The number of carboxylic acids is 1. The quantitative estimate of drug-likeness (QED) is 0.821. The minimum atomic E-state index is -0.789. The zero-order valence-electron chi connectivity index (χ0n) is 8.43. The molecule has 1 N–H and O–H groups in total. The number of methoxy groups -OCH3 is 1. The fourth-order valence-electron chi connectivity index (χ4n) is 1.96. The Kier molecular flexibility index (Phi) is 2.46. The minimum absolute atomic E-state index is 0.0614. The van der Waals surface area contributed by atoms with Gasteiger partial charge in [-0.25, -0.2) is 0 Å². The Morgan fingerprint density at radius 2 is 2.33 bits per heavy atom. The van der Waals surface area contributed by atoms with Crippen LogP contribution >= 0.6 is 0 Å². The second kappa shape index (κ2) is 3.77. The van der Waals surface area contributed by atoms with Crippen LogP contribution in [0.25, 0.3) is 6.08 Å². The third kappa shape index (κ3) is 1.73. The van der Waals surface area contributed by atoms with Crippen LogP contribution < -0.4 is 4.74 Å². The van der Waals surface area contributed by atoms with Crippen LogP contribution in [0.2, 0.25) is 0 Å². The Morgan fingerprint density at radius 3 is 3.00 bits per heavy atom. The van der Waals surface area contributed by atoms with Crippen molar-refractivity contribution in [3.05, 3.63) is 35.4 Å².